The minimum absolute atomic E-state index is 0.0595. The van der Waals surface area contributed by atoms with Crippen LogP contribution in [-0.2, 0) is 10.0 Å². The van der Waals surface area contributed by atoms with Crippen molar-refractivity contribution in [3.05, 3.63) is 54.1 Å². The van der Waals surface area contributed by atoms with Crippen LogP contribution in [-0.4, -0.2) is 63.2 Å². The van der Waals surface area contributed by atoms with E-state index in [9.17, 15) is 26.4 Å². The molecule has 0 saturated carbocycles. The van der Waals surface area contributed by atoms with Gasteiger partial charge in [-0.1, -0.05) is 12.1 Å². The quantitative estimate of drug-likeness (QED) is 0.709. The molecule has 0 spiro atoms. The monoisotopic (exact) mass is 444 g/mol. The Bertz CT molecular complexity index is 1000. The highest BCUT2D eigenvalue weighted by Crippen LogP contribution is 2.26. The molecule has 1 aliphatic heterocycles. The third-order valence-electron chi connectivity index (χ3n) is 4.56. The number of para-hydroxylation sites is 1. The van der Waals surface area contributed by atoms with E-state index in [1.54, 1.807) is 24.3 Å². The molecule has 0 unspecified atom stereocenters. The molecule has 1 fully saturated rings. The van der Waals surface area contributed by atoms with E-state index in [0.29, 0.717) is 11.3 Å². The summed E-state index contributed by atoms with van der Waals surface area (Å²) >= 11 is 0. The number of carbonyl (C=O) groups is 1. The van der Waals surface area contributed by atoms with Crippen molar-refractivity contribution in [2.45, 2.75) is 11.3 Å². The molecule has 0 atom stereocenters. The number of methoxy groups -OCH3 is 1. The number of sulfonamides is 1. The second-order valence-electron chi connectivity index (χ2n) is 6.42. The van der Waals surface area contributed by atoms with Gasteiger partial charge in [0.2, 0.25) is 10.0 Å². The number of benzene rings is 2. The molecule has 0 aromatic heterocycles. The lowest BCUT2D eigenvalue weighted by Gasteiger charge is -2.34. The fourth-order valence-electron chi connectivity index (χ4n) is 3.09. The first-order valence-electron chi connectivity index (χ1n) is 8.90. The predicted octanol–water partition coefficient (Wildman–Crippen LogP) is 2.74. The van der Waals surface area contributed by atoms with Crippen LogP contribution >= 0.6 is 0 Å². The van der Waals surface area contributed by atoms with Gasteiger partial charge in [0.1, 0.15) is 11.5 Å². The van der Waals surface area contributed by atoms with Crippen LogP contribution in [0, 0.1) is 0 Å². The summed E-state index contributed by atoms with van der Waals surface area (Å²) < 4.78 is 72.4. The zero-order valence-corrected chi connectivity index (χ0v) is 16.7. The Kier molecular flexibility index (Phi) is 6.22. The molecule has 2 aromatic rings. The Hall–Kier alpha value is -2.79. The molecule has 162 valence electrons. The fourth-order valence-corrected chi connectivity index (χ4v) is 4.51. The molecule has 1 aliphatic rings. The lowest BCUT2D eigenvalue weighted by atomic mass is 10.1. The highest BCUT2D eigenvalue weighted by atomic mass is 32.2. The number of carbonyl (C=O) groups excluding carboxylic acids is 1. The van der Waals surface area contributed by atoms with Gasteiger partial charge in [0.15, 0.2) is 0 Å². The average Bonchev–Trinajstić information content (AvgIpc) is 2.72. The van der Waals surface area contributed by atoms with Gasteiger partial charge in [0.25, 0.3) is 5.91 Å². The third-order valence-corrected chi connectivity index (χ3v) is 6.47. The highest BCUT2D eigenvalue weighted by molar-refractivity contribution is 7.89. The number of piperazine rings is 1. The Balaban J connectivity index is 1.67. The summed E-state index contributed by atoms with van der Waals surface area (Å²) in [4.78, 5) is 14.1. The van der Waals surface area contributed by atoms with E-state index in [1.807, 2.05) is 0 Å². The summed E-state index contributed by atoms with van der Waals surface area (Å²) in [6, 6.07) is 10.8. The second kappa shape index (κ2) is 8.52. The van der Waals surface area contributed by atoms with E-state index in [0.717, 1.165) is 24.3 Å². The van der Waals surface area contributed by atoms with E-state index in [-0.39, 0.29) is 37.0 Å². The van der Waals surface area contributed by atoms with Crippen molar-refractivity contribution in [2.24, 2.45) is 0 Å². The minimum Gasteiger partial charge on any atom is -0.496 e. The van der Waals surface area contributed by atoms with Gasteiger partial charge in [-0.05, 0) is 36.4 Å². The molecular formula is C19H19F3N2O5S. The number of ether oxygens (including phenoxy) is 2. The van der Waals surface area contributed by atoms with Crippen LogP contribution in [0.3, 0.4) is 0 Å². The molecule has 11 heteroatoms. The number of nitrogens with zero attached hydrogens (tertiary/aromatic N) is 2. The highest BCUT2D eigenvalue weighted by Gasteiger charge is 2.33. The van der Waals surface area contributed by atoms with Crippen LogP contribution in [0.5, 0.6) is 11.5 Å². The molecule has 1 saturated heterocycles. The number of hydrogen-bond acceptors (Lipinski definition) is 5. The Morgan fingerprint density at radius 2 is 1.57 bits per heavy atom. The first kappa shape index (κ1) is 21.9. The first-order valence-corrected chi connectivity index (χ1v) is 10.3. The largest absolute Gasteiger partial charge is 0.573 e. The van der Waals surface area contributed by atoms with Crippen LogP contribution in [0.15, 0.2) is 53.4 Å². The molecular weight excluding hydrogens is 425 g/mol. The lowest BCUT2D eigenvalue weighted by molar-refractivity contribution is -0.274. The van der Waals surface area contributed by atoms with E-state index in [4.69, 9.17) is 4.74 Å². The van der Waals surface area contributed by atoms with E-state index in [2.05, 4.69) is 4.74 Å². The van der Waals surface area contributed by atoms with Gasteiger partial charge in [0, 0.05) is 26.2 Å². The summed E-state index contributed by atoms with van der Waals surface area (Å²) in [6.07, 6.45) is -4.86. The summed E-state index contributed by atoms with van der Waals surface area (Å²) in [5, 5.41) is 0. The van der Waals surface area contributed by atoms with Gasteiger partial charge in [0.05, 0.1) is 17.6 Å². The maximum atomic E-state index is 12.8. The molecule has 0 N–H and O–H groups in total. The van der Waals surface area contributed by atoms with Crippen LogP contribution in [0.4, 0.5) is 13.2 Å². The molecule has 1 heterocycles. The number of alkyl halides is 3. The van der Waals surface area contributed by atoms with Gasteiger partial charge in [-0.3, -0.25) is 4.79 Å². The van der Waals surface area contributed by atoms with Gasteiger partial charge in [-0.25, -0.2) is 8.42 Å². The van der Waals surface area contributed by atoms with E-state index < -0.39 is 22.1 Å². The van der Waals surface area contributed by atoms with Crippen LogP contribution in [0.2, 0.25) is 0 Å². The van der Waals surface area contributed by atoms with Gasteiger partial charge in [-0.15, -0.1) is 13.2 Å². The smallest absolute Gasteiger partial charge is 0.496 e. The van der Waals surface area contributed by atoms with Crippen molar-refractivity contribution in [1.82, 2.24) is 9.21 Å². The summed E-state index contributed by atoms with van der Waals surface area (Å²) in [7, 11) is -2.46. The van der Waals surface area contributed by atoms with Crippen molar-refractivity contribution in [3.8, 4) is 11.5 Å². The van der Waals surface area contributed by atoms with Crippen molar-refractivity contribution in [3.63, 3.8) is 0 Å². The summed E-state index contributed by atoms with van der Waals surface area (Å²) in [5.41, 5.74) is 0.386. The predicted molar refractivity (Wildman–Crippen MR) is 101 cm³/mol. The van der Waals surface area contributed by atoms with Crippen molar-refractivity contribution in [2.75, 3.05) is 33.3 Å². The fraction of sp³-hybridized carbons (Fsp3) is 0.316. The molecule has 0 bridgehead atoms. The number of hydrogen-bond donors (Lipinski definition) is 0. The average molecular weight is 444 g/mol. The van der Waals surface area contributed by atoms with Gasteiger partial charge < -0.3 is 14.4 Å². The zero-order chi connectivity index (χ0) is 21.9. The molecule has 0 radical (unpaired) electrons. The summed E-state index contributed by atoms with van der Waals surface area (Å²) in [5.74, 6) is -0.342. The second-order valence-corrected chi connectivity index (χ2v) is 8.35. The first-order chi connectivity index (χ1) is 14.1. The number of rotatable bonds is 5. The molecule has 0 aliphatic carbocycles. The van der Waals surface area contributed by atoms with Crippen LogP contribution < -0.4 is 9.47 Å². The lowest BCUT2D eigenvalue weighted by Crippen LogP contribution is -2.50. The van der Waals surface area contributed by atoms with E-state index in [1.165, 1.54) is 16.3 Å². The topological polar surface area (TPSA) is 76.2 Å². The van der Waals surface area contributed by atoms with Crippen LogP contribution in [0.25, 0.3) is 0 Å². The Labute approximate surface area is 171 Å². The van der Waals surface area contributed by atoms with Crippen molar-refractivity contribution < 1.29 is 35.9 Å². The molecule has 2 aromatic carbocycles. The molecule has 30 heavy (non-hydrogen) atoms. The normalized spacial score (nSPS) is 15.7. The maximum absolute atomic E-state index is 12.8. The van der Waals surface area contributed by atoms with Gasteiger partial charge >= 0.3 is 6.36 Å². The molecule has 1 amide bonds. The molecule has 3 rings (SSSR count). The summed E-state index contributed by atoms with van der Waals surface area (Å²) in [6.45, 7) is 0.463. The number of halogens is 3. The Morgan fingerprint density at radius 3 is 2.13 bits per heavy atom. The molecule has 7 nitrogen and oxygen atoms in total. The zero-order valence-electron chi connectivity index (χ0n) is 15.9. The van der Waals surface area contributed by atoms with Crippen LogP contribution in [0.1, 0.15) is 10.4 Å². The van der Waals surface area contributed by atoms with Gasteiger partial charge in [-0.2, -0.15) is 4.31 Å². The minimum atomic E-state index is -4.86. The SMILES string of the molecule is COc1ccccc1C(=O)N1CCN(S(=O)(=O)c2ccc(OC(F)(F)F)cc2)CC1. The van der Waals surface area contributed by atoms with Crippen molar-refractivity contribution >= 4 is 15.9 Å². The maximum Gasteiger partial charge on any atom is 0.573 e. The Morgan fingerprint density at radius 1 is 0.967 bits per heavy atom. The van der Waals surface area contributed by atoms with Crippen molar-refractivity contribution in [1.29, 1.82) is 0 Å². The standard InChI is InChI=1S/C19H19F3N2O5S/c1-28-17-5-3-2-4-16(17)18(25)23-10-12-24(13-11-23)30(26,27)15-8-6-14(7-9-15)29-19(20,21)22/h2-9H,10-13H2,1H3. The number of amides is 1. The third kappa shape index (κ3) is 4.85. The van der Waals surface area contributed by atoms with E-state index >= 15 is 0 Å².